The van der Waals surface area contributed by atoms with Crippen LogP contribution in [-0.4, -0.2) is 38.4 Å². The van der Waals surface area contributed by atoms with Crippen LogP contribution in [-0.2, 0) is 10.0 Å². The van der Waals surface area contributed by atoms with Crippen molar-refractivity contribution in [2.75, 3.05) is 19.6 Å². The number of rotatable bonds is 2. The van der Waals surface area contributed by atoms with E-state index in [4.69, 9.17) is 11.6 Å². The molecular weight excluding hydrogens is 296 g/mol. The maximum absolute atomic E-state index is 12.8. The molecule has 6 heteroatoms. The summed E-state index contributed by atoms with van der Waals surface area (Å²) in [5.41, 5.74) is 0.747. The normalized spacial score (nSPS) is 27.5. The molecular formula is C14H19ClN2O2S. The van der Waals surface area contributed by atoms with Gasteiger partial charge in [-0.2, -0.15) is 4.31 Å². The van der Waals surface area contributed by atoms with Crippen LogP contribution in [0.2, 0.25) is 5.02 Å². The number of nitrogens with zero attached hydrogens (tertiary/aromatic N) is 1. The van der Waals surface area contributed by atoms with E-state index in [-0.39, 0.29) is 0 Å². The van der Waals surface area contributed by atoms with Gasteiger partial charge in [0.25, 0.3) is 0 Å². The zero-order valence-corrected chi connectivity index (χ0v) is 13.0. The molecule has 0 amide bonds. The molecule has 1 N–H and O–H groups in total. The third-order valence-electron chi connectivity index (χ3n) is 4.33. The van der Waals surface area contributed by atoms with Gasteiger partial charge in [0.05, 0.1) is 4.90 Å². The molecule has 0 bridgehead atoms. The van der Waals surface area contributed by atoms with Crippen molar-refractivity contribution in [3.63, 3.8) is 0 Å². The molecule has 0 saturated carbocycles. The van der Waals surface area contributed by atoms with Crippen LogP contribution in [0.4, 0.5) is 0 Å². The Morgan fingerprint density at radius 2 is 2.15 bits per heavy atom. The summed E-state index contributed by atoms with van der Waals surface area (Å²) in [4.78, 5) is 0.337. The van der Waals surface area contributed by atoms with Gasteiger partial charge in [-0.3, -0.25) is 0 Å². The van der Waals surface area contributed by atoms with E-state index in [2.05, 4.69) is 5.32 Å². The van der Waals surface area contributed by atoms with Gasteiger partial charge in [0, 0.05) is 24.2 Å². The van der Waals surface area contributed by atoms with Gasteiger partial charge in [0.15, 0.2) is 0 Å². The Kier molecular flexibility index (Phi) is 3.79. The molecule has 2 heterocycles. The summed E-state index contributed by atoms with van der Waals surface area (Å²) < 4.78 is 27.2. The van der Waals surface area contributed by atoms with Crippen LogP contribution in [0.15, 0.2) is 23.1 Å². The third-order valence-corrected chi connectivity index (χ3v) is 6.54. The van der Waals surface area contributed by atoms with Gasteiger partial charge < -0.3 is 5.32 Å². The fourth-order valence-corrected chi connectivity index (χ4v) is 5.20. The molecule has 1 aromatic rings. The van der Waals surface area contributed by atoms with Crippen molar-refractivity contribution < 1.29 is 8.42 Å². The fourth-order valence-electron chi connectivity index (χ4n) is 3.19. The zero-order valence-electron chi connectivity index (χ0n) is 11.5. The predicted molar refractivity (Wildman–Crippen MR) is 79.5 cm³/mol. The predicted octanol–water partition coefficient (Wildman–Crippen LogP) is 2.02. The summed E-state index contributed by atoms with van der Waals surface area (Å²) >= 11 is 5.96. The molecule has 2 aliphatic heterocycles. The van der Waals surface area contributed by atoms with E-state index in [0.717, 1.165) is 24.9 Å². The summed E-state index contributed by atoms with van der Waals surface area (Å²) in [6, 6.07) is 5.34. The van der Waals surface area contributed by atoms with Crippen molar-refractivity contribution in [2.45, 2.75) is 30.7 Å². The van der Waals surface area contributed by atoms with E-state index >= 15 is 0 Å². The highest BCUT2D eigenvalue weighted by molar-refractivity contribution is 7.89. The Morgan fingerprint density at radius 1 is 1.35 bits per heavy atom. The molecule has 0 aromatic heterocycles. The summed E-state index contributed by atoms with van der Waals surface area (Å²) in [5.74, 6) is 0.443. The van der Waals surface area contributed by atoms with Crippen LogP contribution < -0.4 is 5.32 Å². The minimum atomic E-state index is -3.44. The molecule has 2 saturated heterocycles. The highest BCUT2D eigenvalue weighted by Crippen LogP contribution is 2.31. The van der Waals surface area contributed by atoms with E-state index in [1.807, 2.05) is 6.92 Å². The van der Waals surface area contributed by atoms with Crippen molar-refractivity contribution in [3.8, 4) is 0 Å². The van der Waals surface area contributed by atoms with E-state index in [1.165, 1.54) is 0 Å². The van der Waals surface area contributed by atoms with Crippen LogP contribution in [0.1, 0.15) is 18.4 Å². The summed E-state index contributed by atoms with van der Waals surface area (Å²) in [6.45, 7) is 3.99. The van der Waals surface area contributed by atoms with E-state index < -0.39 is 10.0 Å². The second-order valence-electron chi connectivity index (χ2n) is 5.69. The number of sulfonamides is 1. The van der Waals surface area contributed by atoms with E-state index in [1.54, 1.807) is 22.5 Å². The molecule has 0 radical (unpaired) electrons. The first-order valence-corrected chi connectivity index (χ1v) is 8.80. The number of piperidine rings is 1. The van der Waals surface area contributed by atoms with Gasteiger partial charge in [-0.25, -0.2) is 8.42 Å². The molecule has 20 heavy (non-hydrogen) atoms. The highest BCUT2D eigenvalue weighted by Gasteiger charge is 2.40. The lowest BCUT2D eigenvalue weighted by molar-refractivity contribution is 0.339. The molecule has 2 unspecified atom stereocenters. The lowest BCUT2D eigenvalue weighted by Crippen LogP contribution is -2.41. The number of benzene rings is 1. The Morgan fingerprint density at radius 3 is 2.90 bits per heavy atom. The first kappa shape index (κ1) is 14.3. The number of fused-ring (bicyclic) bond motifs is 1. The average Bonchev–Trinajstić information content (AvgIpc) is 2.86. The molecule has 110 valence electrons. The molecule has 2 aliphatic rings. The van der Waals surface area contributed by atoms with Gasteiger partial charge in [-0.05, 0) is 49.9 Å². The maximum atomic E-state index is 12.8. The number of nitrogens with one attached hydrogen (secondary N) is 1. The average molecular weight is 315 g/mol. The van der Waals surface area contributed by atoms with Crippen molar-refractivity contribution in [2.24, 2.45) is 5.92 Å². The molecule has 2 fully saturated rings. The van der Waals surface area contributed by atoms with Crippen LogP contribution >= 0.6 is 11.6 Å². The van der Waals surface area contributed by atoms with Crippen molar-refractivity contribution in [1.29, 1.82) is 0 Å². The highest BCUT2D eigenvalue weighted by atomic mass is 35.5. The second kappa shape index (κ2) is 5.30. The van der Waals surface area contributed by atoms with Crippen molar-refractivity contribution in [1.82, 2.24) is 9.62 Å². The molecule has 0 spiro atoms. The lowest BCUT2D eigenvalue weighted by Gasteiger charge is -2.24. The number of hydrogen-bond donors (Lipinski definition) is 1. The van der Waals surface area contributed by atoms with Crippen LogP contribution in [0.3, 0.4) is 0 Å². The Labute approximate surface area is 125 Å². The van der Waals surface area contributed by atoms with Crippen LogP contribution in [0.5, 0.6) is 0 Å². The maximum Gasteiger partial charge on any atom is 0.243 e. The minimum absolute atomic E-state index is 0.304. The topological polar surface area (TPSA) is 49.4 Å². The smallest absolute Gasteiger partial charge is 0.243 e. The summed E-state index contributed by atoms with van der Waals surface area (Å²) in [6.07, 6.45) is 2.24. The van der Waals surface area contributed by atoms with Gasteiger partial charge in [-0.15, -0.1) is 0 Å². The second-order valence-corrected chi connectivity index (χ2v) is 8.04. The quantitative estimate of drug-likeness (QED) is 0.908. The molecule has 0 aliphatic carbocycles. The van der Waals surface area contributed by atoms with E-state index in [9.17, 15) is 8.42 Å². The molecule has 1 aromatic carbocycles. The Bertz CT molecular complexity index is 604. The molecule has 4 nitrogen and oxygen atoms in total. The monoisotopic (exact) mass is 314 g/mol. The fraction of sp³-hybridized carbons (Fsp3) is 0.571. The standard InChI is InChI=1S/C14H19ClN2O2S/c1-10-4-5-12(15)7-14(10)20(18,19)17-8-11-3-2-6-16-13(11)9-17/h4-5,7,11,13,16H,2-3,6,8-9H2,1H3. The van der Waals surface area contributed by atoms with Gasteiger partial charge in [0.1, 0.15) is 0 Å². The lowest BCUT2D eigenvalue weighted by atomic mass is 9.94. The number of aryl methyl sites for hydroxylation is 1. The van der Waals surface area contributed by atoms with Crippen LogP contribution in [0.25, 0.3) is 0 Å². The Hall–Kier alpha value is -0.620. The van der Waals surface area contributed by atoms with Gasteiger partial charge in [-0.1, -0.05) is 17.7 Å². The number of halogens is 1. The summed E-state index contributed by atoms with van der Waals surface area (Å²) in [7, 11) is -3.44. The van der Waals surface area contributed by atoms with E-state index in [0.29, 0.717) is 35.0 Å². The summed E-state index contributed by atoms with van der Waals surface area (Å²) in [5, 5.41) is 3.89. The van der Waals surface area contributed by atoms with Gasteiger partial charge >= 0.3 is 0 Å². The Balaban J connectivity index is 1.91. The first-order valence-electron chi connectivity index (χ1n) is 6.98. The van der Waals surface area contributed by atoms with Crippen LogP contribution in [0, 0.1) is 12.8 Å². The minimum Gasteiger partial charge on any atom is -0.312 e. The number of hydrogen-bond acceptors (Lipinski definition) is 3. The first-order chi connectivity index (χ1) is 9.48. The zero-order chi connectivity index (χ0) is 14.3. The SMILES string of the molecule is Cc1ccc(Cl)cc1S(=O)(=O)N1CC2CCCNC2C1. The van der Waals surface area contributed by atoms with Crippen molar-refractivity contribution >= 4 is 21.6 Å². The van der Waals surface area contributed by atoms with Crippen molar-refractivity contribution in [3.05, 3.63) is 28.8 Å². The third kappa shape index (κ3) is 2.48. The molecule has 3 rings (SSSR count). The van der Waals surface area contributed by atoms with Gasteiger partial charge in [0.2, 0.25) is 10.0 Å². The molecule has 2 atom stereocenters. The largest absolute Gasteiger partial charge is 0.312 e.